The summed E-state index contributed by atoms with van der Waals surface area (Å²) in [6.45, 7) is 0. The van der Waals surface area contributed by atoms with Crippen molar-refractivity contribution in [2.75, 3.05) is 5.32 Å². The van der Waals surface area contributed by atoms with Gasteiger partial charge in [-0.2, -0.15) is 0 Å². The van der Waals surface area contributed by atoms with Crippen LogP contribution in [-0.4, -0.2) is 11.0 Å². The van der Waals surface area contributed by atoms with Crippen molar-refractivity contribution in [3.05, 3.63) is 96.1 Å². The van der Waals surface area contributed by atoms with Crippen LogP contribution < -0.4 is 5.32 Å². The minimum atomic E-state index is -0.0597. The number of hydrogen-bond donors (Lipinski definition) is 2. The van der Waals surface area contributed by atoms with Gasteiger partial charge >= 0.3 is 0 Å². The minimum absolute atomic E-state index is 0.0388. The molecule has 0 spiro atoms. The Labute approximate surface area is 141 Å². The average Bonchev–Trinajstić information content (AvgIpc) is 2.62. The number of aromatic hydroxyl groups is 1. The van der Waals surface area contributed by atoms with Gasteiger partial charge in [-0.15, -0.1) is 0 Å². The van der Waals surface area contributed by atoms with E-state index < -0.39 is 0 Å². The van der Waals surface area contributed by atoms with Crippen molar-refractivity contribution in [2.45, 2.75) is 12.3 Å². The van der Waals surface area contributed by atoms with E-state index in [-0.39, 0.29) is 17.6 Å². The van der Waals surface area contributed by atoms with Crippen molar-refractivity contribution >= 4 is 11.6 Å². The van der Waals surface area contributed by atoms with Crippen LogP contribution in [0.2, 0.25) is 0 Å². The Balaban J connectivity index is 1.82. The predicted molar refractivity (Wildman–Crippen MR) is 96.1 cm³/mol. The Morgan fingerprint density at radius 1 is 0.792 bits per heavy atom. The predicted octanol–water partition coefficient (Wildman–Crippen LogP) is 4.55. The van der Waals surface area contributed by atoms with Crippen molar-refractivity contribution in [1.82, 2.24) is 0 Å². The first-order chi connectivity index (χ1) is 11.7. The van der Waals surface area contributed by atoms with Gasteiger partial charge in [-0.25, -0.2) is 0 Å². The lowest BCUT2D eigenvalue weighted by atomic mass is 9.88. The number of rotatable bonds is 5. The van der Waals surface area contributed by atoms with Crippen LogP contribution in [0.5, 0.6) is 5.75 Å². The average molecular weight is 317 g/mol. The van der Waals surface area contributed by atoms with Crippen LogP contribution >= 0.6 is 0 Å². The molecule has 120 valence electrons. The Morgan fingerprint density at radius 3 is 1.96 bits per heavy atom. The third kappa shape index (κ3) is 4.02. The van der Waals surface area contributed by atoms with E-state index in [0.717, 1.165) is 16.8 Å². The van der Waals surface area contributed by atoms with Crippen molar-refractivity contribution < 1.29 is 9.90 Å². The SMILES string of the molecule is O=C(CC(c1ccccc1)c1ccc(O)cc1)Nc1ccccc1. The number of phenolic OH excluding ortho intramolecular Hbond substituents is 1. The Bertz CT molecular complexity index is 783. The van der Waals surface area contributed by atoms with E-state index in [4.69, 9.17) is 0 Å². The maximum Gasteiger partial charge on any atom is 0.225 e. The molecule has 3 aromatic rings. The van der Waals surface area contributed by atoms with Gasteiger partial charge in [0, 0.05) is 18.0 Å². The maximum absolute atomic E-state index is 12.5. The Kier molecular flexibility index (Phi) is 4.92. The van der Waals surface area contributed by atoms with E-state index in [1.807, 2.05) is 72.8 Å². The summed E-state index contributed by atoms with van der Waals surface area (Å²) in [5.41, 5.74) is 2.87. The second kappa shape index (κ2) is 7.47. The highest BCUT2D eigenvalue weighted by molar-refractivity contribution is 5.91. The number of hydrogen-bond acceptors (Lipinski definition) is 2. The van der Waals surface area contributed by atoms with E-state index in [9.17, 15) is 9.90 Å². The quantitative estimate of drug-likeness (QED) is 0.725. The molecule has 0 aromatic heterocycles. The number of benzene rings is 3. The molecule has 0 radical (unpaired) electrons. The van der Waals surface area contributed by atoms with Gasteiger partial charge in [0.2, 0.25) is 5.91 Å². The van der Waals surface area contributed by atoms with Crippen molar-refractivity contribution in [3.63, 3.8) is 0 Å². The van der Waals surface area contributed by atoms with Gasteiger partial charge in [-0.1, -0.05) is 60.7 Å². The maximum atomic E-state index is 12.5. The molecule has 0 bridgehead atoms. The number of nitrogens with one attached hydrogen (secondary N) is 1. The summed E-state index contributed by atoms with van der Waals surface area (Å²) < 4.78 is 0. The fraction of sp³-hybridized carbons (Fsp3) is 0.0952. The van der Waals surface area contributed by atoms with Crippen molar-refractivity contribution in [2.24, 2.45) is 0 Å². The first-order valence-electron chi connectivity index (χ1n) is 7.91. The molecule has 0 saturated heterocycles. The van der Waals surface area contributed by atoms with Crippen LogP contribution in [0.25, 0.3) is 0 Å². The molecule has 0 aliphatic carbocycles. The third-order valence-electron chi connectivity index (χ3n) is 3.94. The number of para-hydroxylation sites is 1. The van der Waals surface area contributed by atoms with Gasteiger partial charge in [0.05, 0.1) is 0 Å². The molecule has 1 amide bonds. The molecule has 3 heteroatoms. The number of carbonyl (C=O) groups is 1. The summed E-state index contributed by atoms with van der Waals surface area (Å²) in [5.74, 6) is 0.123. The highest BCUT2D eigenvalue weighted by atomic mass is 16.3. The van der Waals surface area contributed by atoms with Gasteiger partial charge in [0.1, 0.15) is 5.75 Å². The van der Waals surface area contributed by atoms with E-state index in [1.54, 1.807) is 12.1 Å². The summed E-state index contributed by atoms with van der Waals surface area (Å²) in [4.78, 5) is 12.5. The molecule has 3 aromatic carbocycles. The summed E-state index contributed by atoms with van der Waals surface area (Å²) in [7, 11) is 0. The van der Waals surface area contributed by atoms with Crippen molar-refractivity contribution in [3.8, 4) is 5.75 Å². The van der Waals surface area contributed by atoms with E-state index in [1.165, 1.54) is 0 Å². The lowest BCUT2D eigenvalue weighted by Gasteiger charge is -2.18. The first kappa shape index (κ1) is 15.8. The lowest BCUT2D eigenvalue weighted by Crippen LogP contribution is -2.16. The van der Waals surface area contributed by atoms with E-state index in [0.29, 0.717) is 6.42 Å². The van der Waals surface area contributed by atoms with Gasteiger partial charge < -0.3 is 10.4 Å². The summed E-state index contributed by atoms with van der Waals surface area (Å²) >= 11 is 0. The summed E-state index contributed by atoms with van der Waals surface area (Å²) in [6.07, 6.45) is 0.337. The topological polar surface area (TPSA) is 49.3 Å². The zero-order valence-corrected chi connectivity index (χ0v) is 13.2. The number of anilines is 1. The highest BCUT2D eigenvalue weighted by Gasteiger charge is 2.18. The van der Waals surface area contributed by atoms with E-state index >= 15 is 0 Å². The fourth-order valence-electron chi connectivity index (χ4n) is 2.74. The molecule has 0 heterocycles. The molecule has 0 saturated carbocycles. The molecule has 0 fully saturated rings. The van der Waals surface area contributed by atoms with Crippen LogP contribution in [0.15, 0.2) is 84.9 Å². The number of amides is 1. The van der Waals surface area contributed by atoms with Crippen LogP contribution in [0.1, 0.15) is 23.5 Å². The second-order valence-electron chi connectivity index (χ2n) is 5.67. The van der Waals surface area contributed by atoms with Gasteiger partial charge in [0.15, 0.2) is 0 Å². The standard InChI is InChI=1S/C21H19NO2/c23-19-13-11-17(12-14-19)20(16-7-3-1-4-8-16)15-21(24)22-18-9-5-2-6-10-18/h1-14,20,23H,15H2,(H,22,24). The van der Waals surface area contributed by atoms with Crippen LogP contribution in [0, 0.1) is 0 Å². The largest absolute Gasteiger partial charge is 0.508 e. The van der Waals surface area contributed by atoms with Crippen LogP contribution in [0.3, 0.4) is 0 Å². The smallest absolute Gasteiger partial charge is 0.225 e. The lowest BCUT2D eigenvalue weighted by molar-refractivity contribution is -0.116. The molecule has 0 aliphatic rings. The highest BCUT2D eigenvalue weighted by Crippen LogP contribution is 2.29. The molecular formula is C21H19NO2. The molecule has 24 heavy (non-hydrogen) atoms. The molecule has 1 atom stereocenters. The van der Waals surface area contributed by atoms with Crippen LogP contribution in [0.4, 0.5) is 5.69 Å². The second-order valence-corrected chi connectivity index (χ2v) is 5.67. The third-order valence-corrected chi connectivity index (χ3v) is 3.94. The fourth-order valence-corrected chi connectivity index (χ4v) is 2.74. The Morgan fingerprint density at radius 2 is 1.33 bits per heavy atom. The first-order valence-corrected chi connectivity index (χ1v) is 7.91. The monoisotopic (exact) mass is 317 g/mol. The molecule has 0 aliphatic heterocycles. The zero-order chi connectivity index (χ0) is 16.8. The van der Waals surface area contributed by atoms with Gasteiger partial charge in [-0.3, -0.25) is 4.79 Å². The number of carbonyl (C=O) groups excluding carboxylic acids is 1. The van der Waals surface area contributed by atoms with Gasteiger partial charge in [-0.05, 0) is 35.4 Å². The minimum Gasteiger partial charge on any atom is -0.508 e. The number of phenols is 1. The zero-order valence-electron chi connectivity index (χ0n) is 13.2. The normalized spacial score (nSPS) is 11.7. The van der Waals surface area contributed by atoms with Crippen LogP contribution in [-0.2, 0) is 4.79 Å². The molecule has 3 nitrogen and oxygen atoms in total. The summed E-state index contributed by atoms with van der Waals surface area (Å²) in [5, 5.41) is 12.4. The molecule has 2 N–H and O–H groups in total. The molecule has 3 rings (SSSR count). The van der Waals surface area contributed by atoms with E-state index in [2.05, 4.69) is 5.32 Å². The molecular weight excluding hydrogens is 298 g/mol. The molecule has 1 unspecified atom stereocenters. The Hall–Kier alpha value is -3.07. The van der Waals surface area contributed by atoms with Crippen molar-refractivity contribution in [1.29, 1.82) is 0 Å². The summed E-state index contributed by atoms with van der Waals surface area (Å²) in [6, 6.07) is 26.4. The van der Waals surface area contributed by atoms with Gasteiger partial charge in [0.25, 0.3) is 0 Å².